The highest BCUT2D eigenvalue weighted by Crippen LogP contribution is 2.48. The van der Waals surface area contributed by atoms with Crippen LogP contribution in [0.2, 0.25) is 0 Å². The van der Waals surface area contributed by atoms with Crippen molar-refractivity contribution in [2.75, 3.05) is 5.75 Å². The van der Waals surface area contributed by atoms with Crippen LogP contribution in [0.3, 0.4) is 0 Å². The number of hydrogen-bond acceptors (Lipinski definition) is 1. The molecule has 0 spiro atoms. The van der Waals surface area contributed by atoms with Gasteiger partial charge in [-0.1, -0.05) is 28.1 Å². The predicted molar refractivity (Wildman–Crippen MR) is 58.6 cm³/mol. The quantitative estimate of drug-likeness (QED) is 0.722. The average molecular weight is 243 g/mol. The van der Waals surface area contributed by atoms with Gasteiger partial charge in [-0.15, -0.1) is 0 Å². The summed E-state index contributed by atoms with van der Waals surface area (Å²) in [5, 5.41) is 0. The molecule has 1 aliphatic heterocycles. The maximum absolute atomic E-state index is 3.45. The fraction of sp³-hybridized carbons (Fsp3) is 0.400. The molecule has 1 aromatic rings. The largest absolute Gasteiger partial charge is 0.151 e. The highest BCUT2D eigenvalue weighted by Gasteiger charge is 2.34. The van der Waals surface area contributed by atoms with Crippen molar-refractivity contribution in [2.45, 2.75) is 18.1 Å². The van der Waals surface area contributed by atoms with Crippen LogP contribution in [-0.4, -0.2) is 5.75 Å². The van der Waals surface area contributed by atoms with E-state index >= 15 is 0 Å². The molecule has 2 heteroatoms. The molecule has 0 bridgehead atoms. The first-order chi connectivity index (χ1) is 5.71. The van der Waals surface area contributed by atoms with Gasteiger partial charge in [0, 0.05) is 9.22 Å². The van der Waals surface area contributed by atoms with Gasteiger partial charge < -0.3 is 0 Å². The number of rotatable bonds is 1. The van der Waals surface area contributed by atoms with Gasteiger partial charge in [0.25, 0.3) is 0 Å². The van der Waals surface area contributed by atoms with Crippen LogP contribution >= 0.6 is 27.7 Å². The summed E-state index contributed by atoms with van der Waals surface area (Å²) in [6, 6.07) is 8.69. The van der Waals surface area contributed by atoms with Gasteiger partial charge in [-0.3, -0.25) is 0 Å². The van der Waals surface area contributed by atoms with Gasteiger partial charge in [-0.2, -0.15) is 11.8 Å². The summed E-state index contributed by atoms with van der Waals surface area (Å²) in [6.45, 7) is 2.32. The Balaban J connectivity index is 2.28. The minimum Gasteiger partial charge on any atom is -0.151 e. The van der Waals surface area contributed by atoms with E-state index < -0.39 is 0 Å². The molecule has 64 valence electrons. The number of benzene rings is 1. The number of halogens is 1. The Morgan fingerprint density at radius 1 is 1.33 bits per heavy atom. The van der Waals surface area contributed by atoms with Crippen molar-refractivity contribution in [1.29, 1.82) is 0 Å². The molecule has 0 radical (unpaired) electrons. The van der Waals surface area contributed by atoms with Crippen LogP contribution in [0.4, 0.5) is 0 Å². The molecule has 1 unspecified atom stereocenters. The zero-order valence-electron chi connectivity index (χ0n) is 7.01. The molecule has 0 saturated carbocycles. The molecule has 1 heterocycles. The van der Waals surface area contributed by atoms with Crippen LogP contribution in [0.25, 0.3) is 0 Å². The van der Waals surface area contributed by atoms with E-state index in [4.69, 9.17) is 0 Å². The molecule has 1 saturated heterocycles. The molecule has 0 aliphatic carbocycles. The zero-order valence-corrected chi connectivity index (χ0v) is 9.41. The topological polar surface area (TPSA) is 0 Å². The second-order valence-electron chi connectivity index (χ2n) is 3.34. The van der Waals surface area contributed by atoms with E-state index in [1.54, 1.807) is 0 Å². The Hall–Kier alpha value is 0.0500. The van der Waals surface area contributed by atoms with Crippen LogP contribution in [0.1, 0.15) is 18.9 Å². The molecular weight excluding hydrogens is 232 g/mol. The maximum Gasteiger partial charge on any atom is 0.0388 e. The van der Waals surface area contributed by atoms with E-state index in [0.717, 1.165) is 0 Å². The number of thioether (sulfide) groups is 1. The maximum atomic E-state index is 3.45. The summed E-state index contributed by atoms with van der Waals surface area (Å²) < 4.78 is 1.57. The van der Waals surface area contributed by atoms with Crippen molar-refractivity contribution >= 4 is 27.7 Å². The van der Waals surface area contributed by atoms with Gasteiger partial charge in [0.15, 0.2) is 0 Å². The van der Waals surface area contributed by atoms with Gasteiger partial charge >= 0.3 is 0 Å². The third kappa shape index (κ3) is 1.42. The molecule has 1 atom stereocenters. The van der Waals surface area contributed by atoms with E-state index in [2.05, 4.69) is 58.9 Å². The van der Waals surface area contributed by atoms with Gasteiger partial charge in [-0.25, -0.2) is 0 Å². The van der Waals surface area contributed by atoms with Crippen molar-refractivity contribution in [3.63, 3.8) is 0 Å². The summed E-state index contributed by atoms with van der Waals surface area (Å²) in [5.41, 5.74) is 1.46. The molecule has 0 nitrogen and oxygen atoms in total. The second kappa shape index (κ2) is 3.08. The van der Waals surface area contributed by atoms with E-state index in [1.165, 1.54) is 22.2 Å². The van der Waals surface area contributed by atoms with Gasteiger partial charge in [0.1, 0.15) is 0 Å². The molecular formula is C10H11BrS. The Labute approximate surface area is 85.9 Å². The first-order valence-electron chi connectivity index (χ1n) is 4.11. The normalized spacial score (nSPS) is 28.2. The lowest BCUT2D eigenvalue weighted by atomic mass is 9.97. The lowest BCUT2D eigenvalue weighted by Gasteiger charge is -2.38. The van der Waals surface area contributed by atoms with E-state index in [1.807, 2.05) is 0 Å². The van der Waals surface area contributed by atoms with E-state index in [0.29, 0.717) is 4.75 Å². The molecule has 0 aromatic heterocycles. The summed E-state index contributed by atoms with van der Waals surface area (Å²) >= 11 is 5.50. The molecule has 1 aromatic carbocycles. The Kier molecular flexibility index (Phi) is 2.21. The Morgan fingerprint density at radius 2 is 1.92 bits per heavy atom. The summed E-state index contributed by atoms with van der Waals surface area (Å²) in [6.07, 6.45) is 1.32. The fourth-order valence-corrected chi connectivity index (χ4v) is 2.82. The molecule has 2 rings (SSSR count). The molecule has 12 heavy (non-hydrogen) atoms. The fourth-order valence-electron chi connectivity index (χ4n) is 1.44. The minimum atomic E-state index is 0.403. The van der Waals surface area contributed by atoms with Crippen LogP contribution in [0.15, 0.2) is 28.7 Å². The number of hydrogen-bond donors (Lipinski definition) is 0. The van der Waals surface area contributed by atoms with Crippen LogP contribution in [-0.2, 0) is 4.75 Å². The lowest BCUT2D eigenvalue weighted by Crippen LogP contribution is -2.27. The summed E-state index contributed by atoms with van der Waals surface area (Å²) in [5.74, 6) is 1.31. The SMILES string of the molecule is CC1(c2ccc(Br)cc2)CCS1. The van der Waals surface area contributed by atoms with Crippen molar-refractivity contribution < 1.29 is 0 Å². The molecule has 0 N–H and O–H groups in total. The Morgan fingerprint density at radius 3 is 2.33 bits per heavy atom. The predicted octanol–water partition coefficient (Wildman–Crippen LogP) is 3.80. The first kappa shape index (κ1) is 8.64. The average Bonchev–Trinajstić information content (AvgIpc) is 2.02. The monoisotopic (exact) mass is 242 g/mol. The zero-order chi connectivity index (χ0) is 8.60. The van der Waals surface area contributed by atoms with E-state index in [9.17, 15) is 0 Å². The van der Waals surface area contributed by atoms with Crippen molar-refractivity contribution in [2.24, 2.45) is 0 Å². The van der Waals surface area contributed by atoms with Crippen LogP contribution in [0, 0.1) is 0 Å². The minimum absolute atomic E-state index is 0.403. The highest BCUT2D eigenvalue weighted by molar-refractivity contribution is 9.10. The Bertz CT molecular complexity index is 274. The molecule has 0 amide bonds. The van der Waals surface area contributed by atoms with Crippen molar-refractivity contribution in [3.05, 3.63) is 34.3 Å². The second-order valence-corrected chi connectivity index (χ2v) is 5.85. The third-order valence-corrected chi connectivity index (χ3v) is 4.47. The third-order valence-electron chi connectivity index (χ3n) is 2.45. The lowest BCUT2D eigenvalue weighted by molar-refractivity contribution is 0.626. The first-order valence-corrected chi connectivity index (χ1v) is 5.89. The van der Waals surface area contributed by atoms with Gasteiger partial charge in [0.2, 0.25) is 0 Å². The molecule has 1 aliphatic rings. The smallest absolute Gasteiger partial charge is 0.0388 e. The van der Waals surface area contributed by atoms with Crippen LogP contribution in [0.5, 0.6) is 0 Å². The summed E-state index contributed by atoms with van der Waals surface area (Å²) in [4.78, 5) is 0. The molecule has 1 fully saturated rings. The van der Waals surface area contributed by atoms with Gasteiger partial charge in [0.05, 0.1) is 0 Å². The van der Waals surface area contributed by atoms with Crippen molar-refractivity contribution in [1.82, 2.24) is 0 Å². The van der Waals surface area contributed by atoms with Gasteiger partial charge in [-0.05, 0) is 36.8 Å². The van der Waals surface area contributed by atoms with Crippen molar-refractivity contribution in [3.8, 4) is 0 Å². The highest BCUT2D eigenvalue weighted by atomic mass is 79.9. The standard InChI is InChI=1S/C10H11BrS/c1-10(6-7-12-10)8-2-4-9(11)5-3-8/h2-5H,6-7H2,1H3. The van der Waals surface area contributed by atoms with Crippen LogP contribution < -0.4 is 0 Å². The van der Waals surface area contributed by atoms with E-state index in [-0.39, 0.29) is 0 Å². The summed E-state index contributed by atoms with van der Waals surface area (Å²) in [7, 11) is 0.